The van der Waals surface area contributed by atoms with Gasteiger partial charge in [-0.25, -0.2) is 0 Å². The zero-order valence-electron chi connectivity index (χ0n) is 9.70. The predicted octanol–water partition coefficient (Wildman–Crippen LogP) is 3.72. The highest BCUT2D eigenvalue weighted by atomic mass is 35.5. The first kappa shape index (κ1) is 10.8. The smallest absolute Gasteiger partial charge is 0.0487 e. The molecule has 1 atom stereocenters. The maximum absolute atomic E-state index is 6.32. The lowest BCUT2D eigenvalue weighted by Crippen LogP contribution is -2.11. The normalized spacial score (nSPS) is 16.8. The Morgan fingerprint density at radius 3 is 2.76 bits per heavy atom. The summed E-state index contributed by atoms with van der Waals surface area (Å²) in [6.45, 7) is 2.74. The highest BCUT2D eigenvalue weighted by molar-refractivity contribution is 6.33. The Kier molecular flexibility index (Phi) is 2.46. The molecule has 1 aliphatic carbocycles. The maximum Gasteiger partial charge on any atom is 0.0487 e. The van der Waals surface area contributed by atoms with E-state index >= 15 is 0 Å². The average molecular weight is 244 g/mol. The minimum atomic E-state index is 0.290. The van der Waals surface area contributed by atoms with Crippen LogP contribution in [0.15, 0.2) is 36.4 Å². The second kappa shape index (κ2) is 3.86. The molecule has 2 aromatic rings. The molecular formula is C15H14ClN. The first-order chi connectivity index (χ1) is 8.22. The van der Waals surface area contributed by atoms with Crippen LogP contribution in [0, 0.1) is 6.92 Å². The molecule has 86 valence electrons. The van der Waals surface area contributed by atoms with E-state index in [4.69, 9.17) is 17.3 Å². The maximum atomic E-state index is 6.32. The van der Waals surface area contributed by atoms with Crippen LogP contribution in [-0.2, 0) is 0 Å². The summed E-state index contributed by atoms with van der Waals surface area (Å²) in [6.07, 6.45) is 0. The molecule has 0 aromatic heterocycles. The molecule has 0 aliphatic heterocycles. The first-order valence-electron chi connectivity index (χ1n) is 5.81. The fourth-order valence-electron chi connectivity index (χ4n) is 2.73. The molecule has 0 fully saturated rings. The van der Waals surface area contributed by atoms with Gasteiger partial charge in [-0.2, -0.15) is 0 Å². The Labute approximate surface area is 106 Å². The molecule has 1 unspecified atom stereocenters. The van der Waals surface area contributed by atoms with Crippen molar-refractivity contribution >= 4 is 11.6 Å². The van der Waals surface area contributed by atoms with E-state index in [1.807, 2.05) is 12.1 Å². The number of benzene rings is 2. The van der Waals surface area contributed by atoms with Gasteiger partial charge in [-0.3, -0.25) is 0 Å². The fraction of sp³-hybridized carbons (Fsp3) is 0.200. The Morgan fingerprint density at radius 2 is 2.00 bits per heavy atom. The third-order valence-corrected chi connectivity index (χ3v) is 3.82. The molecule has 0 spiro atoms. The molecule has 0 saturated heterocycles. The van der Waals surface area contributed by atoms with Crippen LogP contribution >= 0.6 is 11.6 Å². The highest BCUT2D eigenvalue weighted by Gasteiger charge is 2.28. The first-order valence-corrected chi connectivity index (χ1v) is 6.19. The SMILES string of the molecule is Cc1ccc2c(c1)C(CN)c1cccc(Cl)c1-2. The molecule has 1 nitrogen and oxygen atoms in total. The highest BCUT2D eigenvalue weighted by Crippen LogP contribution is 2.47. The molecule has 2 aromatic carbocycles. The monoisotopic (exact) mass is 243 g/mol. The van der Waals surface area contributed by atoms with Crippen molar-refractivity contribution in [1.29, 1.82) is 0 Å². The summed E-state index contributed by atoms with van der Waals surface area (Å²) >= 11 is 6.32. The van der Waals surface area contributed by atoms with Gasteiger partial charge in [0.15, 0.2) is 0 Å². The van der Waals surface area contributed by atoms with Crippen molar-refractivity contribution in [2.75, 3.05) is 6.54 Å². The molecule has 0 amide bonds. The molecule has 17 heavy (non-hydrogen) atoms. The molecule has 2 N–H and O–H groups in total. The van der Waals surface area contributed by atoms with Gasteiger partial charge in [-0.05, 0) is 29.7 Å². The van der Waals surface area contributed by atoms with Gasteiger partial charge in [-0.15, -0.1) is 0 Å². The number of fused-ring (bicyclic) bond motifs is 3. The molecular weight excluding hydrogens is 230 g/mol. The van der Waals surface area contributed by atoms with Crippen LogP contribution in [0.2, 0.25) is 5.02 Å². The third kappa shape index (κ3) is 1.50. The Hall–Kier alpha value is -1.31. The number of aryl methyl sites for hydroxylation is 1. The minimum Gasteiger partial charge on any atom is -0.330 e. The summed E-state index contributed by atoms with van der Waals surface area (Å²) in [7, 11) is 0. The summed E-state index contributed by atoms with van der Waals surface area (Å²) < 4.78 is 0. The molecule has 1 aliphatic rings. The summed E-state index contributed by atoms with van der Waals surface area (Å²) in [6, 6.07) is 12.6. The van der Waals surface area contributed by atoms with Gasteiger partial charge in [0.2, 0.25) is 0 Å². The molecule has 0 heterocycles. The summed E-state index contributed by atoms with van der Waals surface area (Å²) in [4.78, 5) is 0. The second-order valence-corrected chi connectivity index (χ2v) is 4.99. The van der Waals surface area contributed by atoms with Crippen molar-refractivity contribution in [2.45, 2.75) is 12.8 Å². The Morgan fingerprint density at radius 1 is 1.18 bits per heavy atom. The van der Waals surface area contributed by atoms with E-state index in [-0.39, 0.29) is 0 Å². The van der Waals surface area contributed by atoms with E-state index < -0.39 is 0 Å². The van der Waals surface area contributed by atoms with Crippen molar-refractivity contribution in [2.24, 2.45) is 5.73 Å². The van der Waals surface area contributed by atoms with E-state index in [9.17, 15) is 0 Å². The van der Waals surface area contributed by atoms with E-state index in [2.05, 4.69) is 31.2 Å². The quantitative estimate of drug-likeness (QED) is 0.812. The number of hydrogen-bond donors (Lipinski definition) is 1. The summed E-state index contributed by atoms with van der Waals surface area (Å²) in [5.74, 6) is 0.290. The van der Waals surface area contributed by atoms with Gasteiger partial charge in [-0.1, -0.05) is 47.5 Å². The third-order valence-electron chi connectivity index (χ3n) is 3.51. The minimum absolute atomic E-state index is 0.290. The number of rotatable bonds is 1. The van der Waals surface area contributed by atoms with Crippen LogP contribution in [0.25, 0.3) is 11.1 Å². The number of hydrogen-bond acceptors (Lipinski definition) is 1. The number of halogens is 1. The van der Waals surface area contributed by atoms with Crippen LogP contribution in [0.1, 0.15) is 22.6 Å². The van der Waals surface area contributed by atoms with Gasteiger partial charge in [0.05, 0.1) is 0 Å². The van der Waals surface area contributed by atoms with Crippen LogP contribution in [-0.4, -0.2) is 6.54 Å². The Bertz CT molecular complexity index is 589. The lowest BCUT2D eigenvalue weighted by Gasteiger charge is -2.10. The Balaban J connectivity index is 2.34. The molecule has 3 rings (SSSR count). The van der Waals surface area contributed by atoms with Gasteiger partial charge in [0.1, 0.15) is 0 Å². The van der Waals surface area contributed by atoms with Crippen molar-refractivity contribution in [1.82, 2.24) is 0 Å². The van der Waals surface area contributed by atoms with Crippen molar-refractivity contribution in [3.63, 3.8) is 0 Å². The second-order valence-electron chi connectivity index (χ2n) is 4.58. The molecule has 0 radical (unpaired) electrons. The summed E-state index contributed by atoms with van der Waals surface area (Å²) in [5.41, 5.74) is 12.2. The van der Waals surface area contributed by atoms with Crippen LogP contribution in [0.5, 0.6) is 0 Å². The van der Waals surface area contributed by atoms with Gasteiger partial charge in [0.25, 0.3) is 0 Å². The van der Waals surface area contributed by atoms with Crippen molar-refractivity contribution < 1.29 is 0 Å². The predicted molar refractivity (Wildman–Crippen MR) is 72.5 cm³/mol. The van der Waals surface area contributed by atoms with E-state index in [1.54, 1.807) is 0 Å². The van der Waals surface area contributed by atoms with E-state index in [0.717, 1.165) is 5.02 Å². The topological polar surface area (TPSA) is 26.0 Å². The largest absolute Gasteiger partial charge is 0.330 e. The molecule has 2 heteroatoms. The van der Waals surface area contributed by atoms with Crippen LogP contribution in [0.3, 0.4) is 0 Å². The average Bonchev–Trinajstić information content (AvgIpc) is 2.63. The molecule has 0 saturated carbocycles. The van der Waals surface area contributed by atoms with Gasteiger partial charge >= 0.3 is 0 Å². The van der Waals surface area contributed by atoms with Crippen molar-refractivity contribution in [3.8, 4) is 11.1 Å². The van der Waals surface area contributed by atoms with Crippen LogP contribution in [0.4, 0.5) is 0 Å². The lowest BCUT2D eigenvalue weighted by molar-refractivity contribution is 0.840. The fourth-order valence-corrected chi connectivity index (χ4v) is 3.02. The van der Waals surface area contributed by atoms with Crippen molar-refractivity contribution in [3.05, 3.63) is 58.1 Å². The zero-order chi connectivity index (χ0) is 12.0. The molecule has 0 bridgehead atoms. The van der Waals surface area contributed by atoms with Crippen LogP contribution < -0.4 is 5.73 Å². The van der Waals surface area contributed by atoms with E-state index in [1.165, 1.54) is 27.8 Å². The van der Waals surface area contributed by atoms with Gasteiger partial charge < -0.3 is 5.73 Å². The summed E-state index contributed by atoms with van der Waals surface area (Å²) in [5, 5.41) is 0.823. The lowest BCUT2D eigenvalue weighted by atomic mass is 9.96. The van der Waals surface area contributed by atoms with Gasteiger partial charge in [0, 0.05) is 23.0 Å². The zero-order valence-corrected chi connectivity index (χ0v) is 10.5. The van der Waals surface area contributed by atoms with E-state index in [0.29, 0.717) is 12.5 Å². The standard InChI is InChI=1S/C15H14ClN/c1-9-5-6-11-12(7-9)13(8-17)10-3-2-4-14(16)15(10)11/h2-7,13H,8,17H2,1H3. The number of nitrogens with two attached hydrogens (primary N) is 1.